The summed E-state index contributed by atoms with van der Waals surface area (Å²) >= 11 is 3.63. The van der Waals surface area contributed by atoms with Gasteiger partial charge < -0.3 is 10.1 Å². The van der Waals surface area contributed by atoms with Gasteiger partial charge in [0.1, 0.15) is 5.75 Å². The lowest BCUT2D eigenvalue weighted by atomic mass is 9.68. The molecule has 4 heteroatoms. The first-order chi connectivity index (χ1) is 15.2. The second kappa shape index (κ2) is 7.77. The molecule has 1 heterocycles. The molecule has 0 saturated carbocycles. The van der Waals surface area contributed by atoms with E-state index in [1.165, 1.54) is 21.9 Å². The van der Waals surface area contributed by atoms with Crippen LogP contribution in [0.4, 0.5) is 5.69 Å². The molecule has 1 aliphatic carbocycles. The summed E-state index contributed by atoms with van der Waals surface area (Å²) in [7, 11) is 0. The number of Topliss-reactive ketones (excluding diaryl/α,β-unsaturated/α-hetero) is 1. The molecule has 1 atom stereocenters. The van der Waals surface area contributed by atoms with Crippen LogP contribution in [-0.2, 0) is 4.79 Å². The summed E-state index contributed by atoms with van der Waals surface area (Å²) in [6.07, 6.45) is 1.48. The van der Waals surface area contributed by atoms with Crippen LogP contribution in [0, 0.1) is 5.41 Å². The van der Waals surface area contributed by atoms with E-state index in [0.717, 1.165) is 33.5 Å². The first-order valence-corrected chi connectivity index (χ1v) is 12.0. The van der Waals surface area contributed by atoms with E-state index in [4.69, 9.17) is 4.74 Å². The third-order valence-electron chi connectivity index (χ3n) is 6.38. The molecule has 5 rings (SSSR count). The third-order valence-corrected chi connectivity index (χ3v) is 6.88. The minimum absolute atomic E-state index is 0.0455. The van der Waals surface area contributed by atoms with Gasteiger partial charge in [-0.1, -0.05) is 60.1 Å². The number of benzene rings is 3. The molecule has 0 amide bonds. The van der Waals surface area contributed by atoms with E-state index in [1.807, 2.05) is 26.0 Å². The predicted octanol–water partition coefficient (Wildman–Crippen LogP) is 7.70. The van der Waals surface area contributed by atoms with Crippen LogP contribution in [0.5, 0.6) is 5.75 Å². The fraction of sp³-hybridized carbons (Fsp3) is 0.321. The molecule has 3 nitrogen and oxygen atoms in total. The fourth-order valence-corrected chi connectivity index (χ4v) is 5.56. The zero-order valence-corrected chi connectivity index (χ0v) is 20.5. The number of halogens is 1. The normalized spacial score (nSPS) is 19.6. The van der Waals surface area contributed by atoms with Crippen molar-refractivity contribution in [1.82, 2.24) is 0 Å². The maximum atomic E-state index is 13.6. The monoisotopic (exact) mass is 489 g/mol. The summed E-state index contributed by atoms with van der Waals surface area (Å²) in [6.45, 7) is 8.45. The smallest absolute Gasteiger partial charge is 0.162 e. The number of nitrogens with one attached hydrogen (secondary N) is 1. The van der Waals surface area contributed by atoms with Gasteiger partial charge in [0, 0.05) is 33.3 Å². The lowest BCUT2D eigenvalue weighted by molar-refractivity contribution is -0.118. The van der Waals surface area contributed by atoms with Crippen molar-refractivity contribution in [3.8, 4) is 5.75 Å². The molecule has 0 saturated heterocycles. The van der Waals surface area contributed by atoms with Crippen molar-refractivity contribution in [2.24, 2.45) is 5.41 Å². The Morgan fingerprint density at radius 1 is 1.06 bits per heavy atom. The predicted molar refractivity (Wildman–Crippen MR) is 135 cm³/mol. The molecule has 164 valence electrons. The fourth-order valence-electron chi connectivity index (χ4n) is 5.18. The standard InChI is InChI=1S/C28H28BrNO2/c1-16(2)32-24-12-10-18(29)13-20(24)27-26-21(14-28(3,4)15-23(26)31)25-19-8-6-5-7-17(19)9-11-22(25)30-27/h5-13,16,27,30H,14-15H2,1-4H3/t27-/m0/s1. The van der Waals surface area contributed by atoms with Crippen LogP contribution in [0.25, 0.3) is 16.3 Å². The van der Waals surface area contributed by atoms with Gasteiger partial charge in [0.25, 0.3) is 0 Å². The first-order valence-electron chi connectivity index (χ1n) is 11.2. The van der Waals surface area contributed by atoms with E-state index in [-0.39, 0.29) is 23.3 Å². The summed E-state index contributed by atoms with van der Waals surface area (Å²) in [5, 5.41) is 6.11. The van der Waals surface area contributed by atoms with Gasteiger partial charge in [-0.3, -0.25) is 4.79 Å². The Morgan fingerprint density at radius 2 is 1.84 bits per heavy atom. The van der Waals surface area contributed by atoms with Crippen LogP contribution < -0.4 is 10.1 Å². The molecule has 0 aromatic heterocycles. The maximum Gasteiger partial charge on any atom is 0.162 e. The first kappa shape index (κ1) is 21.3. The lowest BCUT2D eigenvalue weighted by Crippen LogP contribution is -2.33. The largest absolute Gasteiger partial charge is 0.491 e. The van der Waals surface area contributed by atoms with Crippen molar-refractivity contribution in [1.29, 1.82) is 0 Å². The minimum Gasteiger partial charge on any atom is -0.491 e. The summed E-state index contributed by atoms with van der Waals surface area (Å²) in [6, 6.07) is 18.6. The number of carbonyl (C=O) groups is 1. The number of fused-ring (bicyclic) bond motifs is 4. The molecule has 3 aromatic carbocycles. The van der Waals surface area contributed by atoms with E-state index in [0.29, 0.717) is 6.42 Å². The van der Waals surface area contributed by atoms with Gasteiger partial charge in [-0.25, -0.2) is 0 Å². The van der Waals surface area contributed by atoms with Crippen molar-refractivity contribution in [3.05, 3.63) is 75.8 Å². The van der Waals surface area contributed by atoms with Gasteiger partial charge in [0.2, 0.25) is 0 Å². The number of anilines is 1. The second-order valence-corrected chi connectivity index (χ2v) is 10.9. The van der Waals surface area contributed by atoms with Crippen LogP contribution in [0.2, 0.25) is 0 Å². The zero-order chi connectivity index (χ0) is 22.6. The average molecular weight is 490 g/mol. The number of ketones is 1. The highest BCUT2D eigenvalue weighted by Crippen LogP contribution is 2.53. The number of hydrogen-bond donors (Lipinski definition) is 1. The van der Waals surface area contributed by atoms with Crippen molar-refractivity contribution in [3.63, 3.8) is 0 Å². The third kappa shape index (κ3) is 3.65. The van der Waals surface area contributed by atoms with Crippen LogP contribution in [-0.4, -0.2) is 11.9 Å². The molecule has 2 aliphatic rings. The quantitative estimate of drug-likeness (QED) is 0.409. The Hall–Kier alpha value is -2.59. The van der Waals surface area contributed by atoms with E-state index < -0.39 is 0 Å². The number of rotatable bonds is 3. The van der Waals surface area contributed by atoms with Gasteiger partial charge in [0.05, 0.1) is 12.1 Å². The van der Waals surface area contributed by atoms with Crippen LogP contribution in [0.1, 0.15) is 57.7 Å². The Bertz CT molecular complexity index is 1270. The van der Waals surface area contributed by atoms with Crippen molar-refractivity contribution >= 4 is 43.7 Å². The number of ether oxygens (including phenoxy) is 1. The van der Waals surface area contributed by atoms with E-state index >= 15 is 0 Å². The van der Waals surface area contributed by atoms with Crippen molar-refractivity contribution in [2.45, 2.75) is 52.7 Å². The molecule has 0 unspecified atom stereocenters. The lowest BCUT2D eigenvalue weighted by Gasteiger charge is -2.40. The highest BCUT2D eigenvalue weighted by Gasteiger charge is 2.41. The van der Waals surface area contributed by atoms with E-state index in [2.05, 4.69) is 77.6 Å². The van der Waals surface area contributed by atoms with Gasteiger partial charge in [-0.2, -0.15) is 0 Å². The molecular weight excluding hydrogens is 462 g/mol. The minimum atomic E-state index is -0.242. The van der Waals surface area contributed by atoms with Crippen LogP contribution in [0.3, 0.4) is 0 Å². The summed E-state index contributed by atoms with van der Waals surface area (Å²) in [5.74, 6) is 1.04. The number of allylic oxidation sites excluding steroid dienone is 1. The molecule has 1 N–H and O–H groups in total. The highest BCUT2D eigenvalue weighted by molar-refractivity contribution is 9.10. The van der Waals surface area contributed by atoms with E-state index in [9.17, 15) is 4.79 Å². The molecular formula is C28H28BrNO2. The van der Waals surface area contributed by atoms with E-state index in [1.54, 1.807) is 0 Å². The van der Waals surface area contributed by atoms with Gasteiger partial charge >= 0.3 is 0 Å². The molecule has 3 aromatic rings. The molecule has 0 radical (unpaired) electrons. The topological polar surface area (TPSA) is 38.3 Å². The van der Waals surface area contributed by atoms with Gasteiger partial charge in [-0.05, 0) is 66.3 Å². The summed E-state index contributed by atoms with van der Waals surface area (Å²) < 4.78 is 7.15. The van der Waals surface area contributed by atoms with Crippen LogP contribution >= 0.6 is 15.9 Å². The Morgan fingerprint density at radius 3 is 2.62 bits per heavy atom. The van der Waals surface area contributed by atoms with Crippen molar-refractivity contribution < 1.29 is 9.53 Å². The van der Waals surface area contributed by atoms with Gasteiger partial charge in [0.15, 0.2) is 5.78 Å². The molecule has 1 aliphatic heterocycles. The molecule has 0 fully saturated rings. The van der Waals surface area contributed by atoms with Crippen LogP contribution in [0.15, 0.2) is 64.6 Å². The molecule has 32 heavy (non-hydrogen) atoms. The maximum absolute atomic E-state index is 13.6. The average Bonchev–Trinajstić information content (AvgIpc) is 2.72. The summed E-state index contributed by atoms with van der Waals surface area (Å²) in [5.41, 5.74) is 5.25. The second-order valence-electron chi connectivity index (χ2n) is 9.97. The number of hydrogen-bond acceptors (Lipinski definition) is 3. The molecule has 0 spiro atoms. The Labute approximate surface area is 198 Å². The number of carbonyl (C=O) groups excluding carboxylic acids is 1. The van der Waals surface area contributed by atoms with Gasteiger partial charge in [-0.15, -0.1) is 0 Å². The zero-order valence-electron chi connectivity index (χ0n) is 19.0. The summed E-state index contributed by atoms with van der Waals surface area (Å²) in [4.78, 5) is 13.6. The Balaban J connectivity index is 1.78. The Kier molecular flexibility index (Phi) is 5.16. The highest BCUT2D eigenvalue weighted by atomic mass is 79.9. The van der Waals surface area contributed by atoms with Crippen molar-refractivity contribution in [2.75, 3.05) is 5.32 Å². The SMILES string of the molecule is CC(C)Oc1ccc(Br)cc1[C@@H]1Nc2ccc3ccccc3c2C2=C1C(=O)CC(C)(C)C2. The molecule has 0 bridgehead atoms.